The van der Waals surface area contributed by atoms with E-state index in [4.69, 9.17) is 4.74 Å². The van der Waals surface area contributed by atoms with Gasteiger partial charge in [0.2, 0.25) is 0 Å². The lowest BCUT2D eigenvalue weighted by molar-refractivity contribution is -0.144. The van der Waals surface area contributed by atoms with Crippen LogP contribution >= 0.6 is 0 Å². The van der Waals surface area contributed by atoms with Gasteiger partial charge in [0.05, 0.1) is 5.92 Å². The Hall–Kier alpha value is -0.610. The third-order valence-electron chi connectivity index (χ3n) is 4.75. The smallest absolute Gasteiger partial charge is 0.308 e. The fourth-order valence-electron chi connectivity index (χ4n) is 3.58. The van der Waals surface area contributed by atoms with Gasteiger partial charge in [0.15, 0.2) is 0 Å². The van der Waals surface area contributed by atoms with Crippen LogP contribution in [-0.2, 0) is 9.53 Å². The highest BCUT2D eigenvalue weighted by Crippen LogP contribution is 2.28. The highest BCUT2D eigenvalue weighted by atomic mass is 16.5. The van der Waals surface area contributed by atoms with Crippen molar-refractivity contribution in [2.75, 3.05) is 26.8 Å². The summed E-state index contributed by atoms with van der Waals surface area (Å²) in [6.45, 7) is 2.76. The van der Waals surface area contributed by atoms with Crippen molar-refractivity contribution in [3.63, 3.8) is 0 Å². The molecule has 4 nitrogen and oxygen atoms in total. The van der Waals surface area contributed by atoms with E-state index in [0.717, 1.165) is 51.9 Å². The minimum atomic E-state index is -0.606. The fraction of sp³-hybridized carbons (Fsp3) is 0.933. The van der Waals surface area contributed by atoms with Crippen LogP contribution in [-0.4, -0.2) is 48.8 Å². The van der Waals surface area contributed by atoms with Crippen LogP contribution in [0.1, 0.15) is 44.9 Å². The third kappa shape index (κ3) is 4.18. The van der Waals surface area contributed by atoms with Crippen LogP contribution in [0, 0.1) is 11.8 Å². The van der Waals surface area contributed by atoms with E-state index < -0.39 is 5.97 Å². The number of nitrogens with zero attached hydrogens (tertiary/aromatic N) is 1. The monoisotopic (exact) mass is 269 g/mol. The first-order valence-corrected chi connectivity index (χ1v) is 7.69. The second kappa shape index (κ2) is 7.25. The van der Waals surface area contributed by atoms with Gasteiger partial charge in [-0.2, -0.15) is 0 Å². The van der Waals surface area contributed by atoms with Crippen molar-refractivity contribution < 1.29 is 14.6 Å². The Labute approximate surface area is 116 Å². The van der Waals surface area contributed by atoms with Crippen LogP contribution in [0.3, 0.4) is 0 Å². The van der Waals surface area contributed by atoms with E-state index in [9.17, 15) is 9.90 Å². The molecular weight excluding hydrogens is 242 g/mol. The molecule has 1 saturated carbocycles. The summed E-state index contributed by atoms with van der Waals surface area (Å²) in [6.07, 6.45) is 7.55. The lowest BCUT2D eigenvalue weighted by atomic mass is 9.92. The van der Waals surface area contributed by atoms with E-state index in [1.165, 1.54) is 12.8 Å². The zero-order chi connectivity index (χ0) is 13.7. The van der Waals surface area contributed by atoms with Gasteiger partial charge in [-0.25, -0.2) is 0 Å². The van der Waals surface area contributed by atoms with Gasteiger partial charge in [0.1, 0.15) is 0 Å². The number of aliphatic carboxylic acids is 1. The predicted molar refractivity (Wildman–Crippen MR) is 74.2 cm³/mol. The first-order valence-electron chi connectivity index (χ1n) is 7.69. The number of carboxylic acid groups (broad SMARTS) is 1. The molecule has 1 saturated heterocycles. The summed E-state index contributed by atoms with van der Waals surface area (Å²) in [6, 6.07) is 0.225. The summed E-state index contributed by atoms with van der Waals surface area (Å²) in [5.41, 5.74) is 0. The maximum Gasteiger partial charge on any atom is 0.308 e. The molecule has 1 aliphatic heterocycles. The standard InChI is InChI=1S/C15H27NO3/c1-16(11-12-7-9-19-10-8-12)14-6-4-2-3-5-13(14)15(17)18/h12-14H,2-11H2,1H3,(H,17,18). The molecule has 2 atom stereocenters. The van der Waals surface area contributed by atoms with Crippen LogP contribution in [0.25, 0.3) is 0 Å². The normalized spacial score (nSPS) is 30.2. The molecule has 2 fully saturated rings. The molecule has 1 heterocycles. The maximum atomic E-state index is 11.5. The van der Waals surface area contributed by atoms with Gasteiger partial charge in [0, 0.05) is 25.8 Å². The molecule has 110 valence electrons. The van der Waals surface area contributed by atoms with Crippen LogP contribution < -0.4 is 0 Å². The zero-order valence-electron chi connectivity index (χ0n) is 12.0. The van der Waals surface area contributed by atoms with Crippen LogP contribution in [0.2, 0.25) is 0 Å². The fourth-order valence-corrected chi connectivity index (χ4v) is 3.58. The van der Waals surface area contributed by atoms with E-state index in [1.807, 2.05) is 0 Å². The Morgan fingerprint density at radius 1 is 1.16 bits per heavy atom. The van der Waals surface area contributed by atoms with Gasteiger partial charge in [-0.3, -0.25) is 4.79 Å². The first kappa shape index (κ1) is 14.8. The van der Waals surface area contributed by atoms with Crippen molar-refractivity contribution in [2.24, 2.45) is 11.8 Å². The van der Waals surface area contributed by atoms with E-state index in [-0.39, 0.29) is 12.0 Å². The second-order valence-electron chi connectivity index (χ2n) is 6.15. The Kier molecular flexibility index (Phi) is 5.64. The average molecular weight is 269 g/mol. The van der Waals surface area contributed by atoms with Crippen LogP contribution in [0.5, 0.6) is 0 Å². The Morgan fingerprint density at radius 3 is 2.53 bits per heavy atom. The van der Waals surface area contributed by atoms with Crippen molar-refractivity contribution in [3.05, 3.63) is 0 Å². The van der Waals surface area contributed by atoms with Gasteiger partial charge in [0.25, 0.3) is 0 Å². The van der Waals surface area contributed by atoms with Crippen LogP contribution in [0.15, 0.2) is 0 Å². The molecule has 0 spiro atoms. The average Bonchev–Trinajstić information content (AvgIpc) is 2.65. The van der Waals surface area contributed by atoms with Gasteiger partial charge in [-0.1, -0.05) is 19.3 Å². The van der Waals surface area contributed by atoms with Crippen LogP contribution in [0.4, 0.5) is 0 Å². The molecule has 0 aromatic heterocycles. The minimum Gasteiger partial charge on any atom is -0.481 e. The summed E-state index contributed by atoms with van der Waals surface area (Å²) in [5, 5.41) is 9.44. The number of carbonyl (C=O) groups is 1. The van der Waals surface area contributed by atoms with Gasteiger partial charge in [-0.05, 0) is 38.6 Å². The number of carboxylic acids is 1. The van der Waals surface area contributed by atoms with E-state index in [0.29, 0.717) is 5.92 Å². The maximum absolute atomic E-state index is 11.5. The highest BCUT2D eigenvalue weighted by molar-refractivity contribution is 5.70. The molecule has 0 aromatic carbocycles. The molecule has 1 aliphatic carbocycles. The van der Waals surface area contributed by atoms with Crippen molar-refractivity contribution in [3.8, 4) is 0 Å². The topological polar surface area (TPSA) is 49.8 Å². The lowest BCUT2D eigenvalue weighted by Gasteiger charge is -2.35. The highest BCUT2D eigenvalue weighted by Gasteiger charge is 2.33. The number of ether oxygens (including phenoxy) is 1. The third-order valence-corrected chi connectivity index (χ3v) is 4.75. The molecule has 19 heavy (non-hydrogen) atoms. The molecule has 4 heteroatoms. The molecule has 0 bridgehead atoms. The molecule has 2 unspecified atom stereocenters. The molecular formula is C15H27NO3. The molecule has 0 aromatic rings. The number of hydrogen-bond donors (Lipinski definition) is 1. The molecule has 0 amide bonds. The van der Waals surface area contributed by atoms with Crippen molar-refractivity contribution in [1.82, 2.24) is 4.90 Å². The summed E-state index contributed by atoms with van der Waals surface area (Å²) in [4.78, 5) is 13.8. The Bertz CT molecular complexity index is 289. The zero-order valence-corrected chi connectivity index (χ0v) is 12.0. The quantitative estimate of drug-likeness (QED) is 0.796. The van der Waals surface area contributed by atoms with Crippen molar-refractivity contribution in [2.45, 2.75) is 51.0 Å². The summed E-state index contributed by atoms with van der Waals surface area (Å²) in [5.74, 6) is -0.102. The van der Waals surface area contributed by atoms with Gasteiger partial charge in [-0.15, -0.1) is 0 Å². The van der Waals surface area contributed by atoms with Crippen molar-refractivity contribution >= 4 is 5.97 Å². The predicted octanol–water partition coefficient (Wildman–Crippen LogP) is 2.38. The minimum absolute atomic E-state index is 0.174. The molecule has 2 rings (SSSR count). The Morgan fingerprint density at radius 2 is 1.84 bits per heavy atom. The van der Waals surface area contributed by atoms with Gasteiger partial charge < -0.3 is 14.7 Å². The number of rotatable bonds is 4. The van der Waals surface area contributed by atoms with E-state index in [2.05, 4.69) is 11.9 Å². The van der Waals surface area contributed by atoms with Crippen molar-refractivity contribution in [1.29, 1.82) is 0 Å². The lowest BCUT2D eigenvalue weighted by Crippen LogP contribution is -2.43. The van der Waals surface area contributed by atoms with E-state index >= 15 is 0 Å². The molecule has 0 radical (unpaired) electrons. The largest absolute Gasteiger partial charge is 0.481 e. The number of hydrogen-bond acceptors (Lipinski definition) is 3. The molecule has 1 N–H and O–H groups in total. The summed E-state index contributed by atoms with van der Waals surface area (Å²) < 4.78 is 5.39. The summed E-state index contributed by atoms with van der Waals surface area (Å²) in [7, 11) is 2.11. The SMILES string of the molecule is CN(CC1CCOCC1)C1CCCCCC1C(=O)O. The second-order valence-corrected chi connectivity index (χ2v) is 6.15. The molecule has 2 aliphatic rings. The Balaban J connectivity index is 1.93. The summed E-state index contributed by atoms with van der Waals surface area (Å²) >= 11 is 0. The van der Waals surface area contributed by atoms with Gasteiger partial charge >= 0.3 is 5.97 Å². The van der Waals surface area contributed by atoms with E-state index in [1.54, 1.807) is 0 Å². The first-order chi connectivity index (χ1) is 9.18.